The molecule has 0 aromatic heterocycles. The van der Waals surface area contributed by atoms with E-state index in [1.54, 1.807) is 0 Å². The first-order valence-corrected chi connectivity index (χ1v) is 5.73. The van der Waals surface area contributed by atoms with Gasteiger partial charge in [0.1, 0.15) is 0 Å². The van der Waals surface area contributed by atoms with Crippen molar-refractivity contribution in [1.29, 1.82) is 0 Å². The first kappa shape index (κ1) is 9.97. The van der Waals surface area contributed by atoms with Gasteiger partial charge in [0.2, 0.25) is 5.91 Å². The second-order valence-electron chi connectivity index (χ2n) is 4.25. The number of likely N-dealkylation sites (tertiary alicyclic amines) is 1. The van der Waals surface area contributed by atoms with Crippen LogP contribution in [0.15, 0.2) is 0 Å². The van der Waals surface area contributed by atoms with Gasteiger partial charge in [-0.1, -0.05) is 6.92 Å². The van der Waals surface area contributed by atoms with Crippen LogP contribution in [0, 0.1) is 5.92 Å². The predicted molar refractivity (Wildman–Crippen MR) is 54.0 cm³/mol. The van der Waals surface area contributed by atoms with Gasteiger partial charge >= 0.3 is 0 Å². The fraction of sp³-hybridized carbons (Fsp3) is 0.909. The van der Waals surface area contributed by atoms with E-state index in [0.717, 1.165) is 32.5 Å². The van der Waals surface area contributed by atoms with Crippen molar-refractivity contribution in [3.8, 4) is 0 Å². The van der Waals surface area contributed by atoms with Crippen molar-refractivity contribution in [3.63, 3.8) is 0 Å². The Morgan fingerprint density at radius 2 is 2.14 bits per heavy atom. The molecule has 3 nitrogen and oxygen atoms in total. The van der Waals surface area contributed by atoms with E-state index in [2.05, 4.69) is 6.92 Å². The average molecular weight is 197 g/mol. The third-order valence-electron chi connectivity index (χ3n) is 3.35. The van der Waals surface area contributed by atoms with Crippen molar-refractivity contribution in [2.75, 3.05) is 19.7 Å². The lowest BCUT2D eigenvalue weighted by molar-refractivity contribution is -0.136. The topological polar surface area (TPSA) is 29.5 Å². The van der Waals surface area contributed by atoms with E-state index in [1.807, 2.05) is 4.90 Å². The molecular weight excluding hydrogens is 178 g/mol. The Hall–Kier alpha value is -0.570. The molecule has 3 heteroatoms. The van der Waals surface area contributed by atoms with Crippen LogP contribution in [0.3, 0.4) is 0 Å². The Morgan fingerprint density at radius 3 is 2.79 bits per heavy atom. The van der Waals surface area contributed by atoms with Crippen molar-refractivity contribution in [3.05, 3.63) is 0 Å². The highest BCUT2D eigenvalue weighted by Crippen LogP contribution is 2.26. The van der Waals surface area contributed by atoms with Crippen molar-refractivity contribution in [2.45, 2.75) is 38.7 Å². The van der Waals surface area contributed by atoms with Gasteiger partial charge in [0.25, 0.3) is 0 Å². The van der Waals surface area contributed by atoms with Gasteiger partial charge in [0.15, 0.2) is 0 Å². The molecule has 2 heterocycles. The van der Waals surface area contributed by atoms with Gasteiger partial charge in [0.05, 0.1) is 12.0 Å². The Kier molecular flexibility index (Phi) is 3.06. The van der Waals surface area contributed by atoms with Crippen molar-refractivity contribution in [1.82, 2.24) is 4.90 Å². The summed E-state index contributed by atoms with van der Waals surface area (Å²) in [5.74, 6) is 0.491. The minimum Gasteiger partial charge on any atom is -0.377 e. The molecule has 0 N–H and O–H groups in total. The van der Waals surface area contributed by atoms with E-state index < -0.39 is 0 Å². The van der Waals surface area contributed by atoms with Gasteiger partial charge in [-0.3, -0.25) is 4.79 Å². The van der Waals surface area contributed by atoms with Crippen LogP contribution in [0.4, 0.5) is 0 Å². The van der Waals surface area contributed by atoms with Gasteiger partial charge in [-0.2, -0.15) is 0 Å². The van der Waals surface area contributed by atoms with E-state index in [-0.39, 0.29) is 12.0 Å². The van der Waals surface area contributed by atoms with Crippen LogP contribution >= 0.6 is 0 Å². The molecule has 0 bridgehead atoms. The quantitative estimate of drug-likeness (QED) is 0.670. The minimum absolute atomic E-state index is 0.151. The molecule has 0 aliphatic carbocycles. The summed E-state index contributed by atoms with van der Waals surface area (Å²) < 4.78 is 5.55. The fourth-order valence-corrected chi connectivity index (χ4v) is 2.51. The van der Waals surface area contributed by atoms with Crippen molar-refractivity contribution < 1.29 is 9.53 Å². The minimum atomic E-state index is 0.151. The Morgan fingerprint density at radius 1 is 1.43 bits per heavy atom. The molecule has 2 aliphatic rings. The summed E-state index contributed by atoms with van der Waals surface area (Å²) in [4.78, 5) is 14.1. The lowest BCUT2D eigenvalue weighted by Crippen LogP contribution is -2.37. The highest BCUT2D eigenvalue weighted by molar-refractivity contribution is 5.79. The maximum absolute atomic E-state index is 12.1. The number of carbonyl (C=O) groups excluding carboxylic acids is 1. The molecule has 0 aromatic carbocycles. The Bertz CT molecular complexity index is 211. The SMILES string of the molecule is CCC1OCCC1C(=O)N1CCCC1. The summed E-state index contributed by atoms with van der Waals surface area (Å²) in [6, 6.07) is 0. The summed E-state index contributed by atoms with van der Waals surface area (Å²) in [5.41, 5.74) is 0. The second kappa shape index (κ2) is 4.30. The number of rotatable bonds is 2. The molecule has 14 heavy (non-hydrogen) atoms. The maximum Gasteiger partial charge on any atom is 0.228 e. The highest BCUT2D eigenvalue weighted by atomic mass is 16.5. The molecule has 2 saturated heterocycles. The number of nitrogens with zero attached hydrogens (tertiary/aromatic N) is 1. The first-order chi connectivity index (χ1) is 6.83. The molecule has 1 amide bonds. The van der Waals surface area contributed by atoms with Crippen LogP contribution in [0.25, 0.3) is 0 Å². The Balaban J connectivity index is 1.95. The smallest absolute Gasteiger partial charge is 0.228 e. The largest absolute Gasteiger partial charge is 0.377 e. The average Bonchev–Trinajstić information content (AvgIpc) is 2.87. The lowest BCUT2D eigenvalue weighted by atomic mass is 9.98. The zero-order valence-electron chi connectivity index (χ0n) is 8.87. The van der Waals surface area contributed by atoms with E-state index in [0.29, 0.717) is 5.91 Å². The molecule has 2 rings (SSSR count). The molecule has 80 valence electrons. The summed E-state index contributed by atoms with van der Waals surface area (Å²) in [7, 11) is 0. The molecule has 0 saturated carbocycles. The van der Waals surface area contributed by atoms with Crippen LogP contribution in [-0.2, 0) is 9.53 Å². The Labute approximate surface area is 85.4 Å². The van der Waals surface area contributed by atoms with Gasteiger partial charge in [-0.15, -0.1) is 0 Å². The number of hydrogen-bond acceptors (Lipinski definition) is 2. The molecule has 0 radical (unpaired) electrons. The first-order valence-electron chi connectivity index (χ1n) is 5.73. The zero-order chi connectivity index (χ0) is 9.97. The fourth-order valence-electron chi connectivity index (χ4n) is 2.51. The van der Waals surface area contributed by atoms with Crippen LogP contribution in [0.5, 0.6) is 0 Å². The predicted octanol–water partition coefficient (Wildman–Crippen LogP) is 1.42. The summed E-state index contributed by atoms with van der Waals surface area (Å²) in [6.45, 7) is 4.79. The van der Waals surface area contributed by atoms with Crippen molar-refractivity contribution in [2.24, 2.45) is 5.92 Å². The van der Waals surface area contributed by atoms with Crippen LogP contribution in [-0.4, -0.2) is 36.6 Å². The van der Waals surface area contributed by atoms with Crippen LogP contribution in [0.2, 0.25) is 0 Å². The number of amides is 1. The van der Waals surface area contributed by atoms with Crippen molar-refractivity contribution >= 4 is 5.91 Å². The number of hydrogen-bond donors (Lipinski definition) is 0. The van der Waals surface area contributed by atoms with E-state index >= 15 is 0 Å². The van der Waals surface area contributed by atoms with Gasteiger partial charge < -0.3 is 9.64 Å². The summed E-state index contributed by atoms with van der Waals surface area (Å²) in [6.07, 6.45) is 4.42. The van der Waals surface area contributed by atoms with Crippen LogP contribution < -0.4 is 0 Å². The molecule has 0 spiro atoms. The highest BCUT2D eigenvalue weighted by Gasteiger charge is 2.35. The normalized spacial score (nSPS) is 32.5. The lowest BCUT2D eigenvalue weighted by Gasteiger charge is -2.22. The summed E-state index contributed by atoms with van der Waals surface area (Å²) >= 11 is 0. The summed E-state index contributed by atoms with van der Waals surface area (Å²) in [5, 5.41) is 0. The molecule has 2 fully saturated rings. The zero-order valence-corrected chi connectivity index (χ0v) is 8.87. The third-order valence-corrected chi connectivity index (χ3v) is 3.35. The maximum atomic E-state index is 12.1. The molecule has 0 aromatic rings. The monoisotopic (exact) mass is 197 g/mol. The number of ether oxygens (including phenoxy) is 1. The molecule has 2 unspecified atom stereocenters. The standard InChI is InChI=1S/C11H19NO2/c1-2-10-9(5-8-14-10)11(13)12-6-3-4-7-12/h9-10H,2-8H2,1H3. The molecule has 2 atom stereocenters. The molecule has 2 aliphatic heterocycles. The second-order valence-corrected chi connectivity index (χ2v) is 4.25. The van der Waals surface area contributed by atoms with Crippen LogP contribution in [0.1, 0.15) is 32.6 Å². The van der Waals surface area contributed by atoms with Gasteiger partial charge in [-0.25, -0.2) is 0 Å². The molecular formula is C11H19NO2. The van der Waals surface area contributed by atoms with E-state index in [4.69, 9.17) is 4.74 Å². The van der Waals surface area contributed by atoms with Gasteiger partial charge in [-0.05, 0) is 25.7 Å². The number of carbonyl (C=O) groups is 1. The third kappa shape index (κ3) is 1.78. The van der Waals surface area contributed by atoms with Gasteiger partial charge in [0, 0.05) is 19.7 Å². The van der Waals surface area contributed by atoms with E-state index in [9.17, 15) is 4.79 Å². The van der Waals surface area contributed by atoms with E-state index in [1.165, 1.54) is 12.8 Å².